The predicted molar refractivity (Wildman–Crippen MR) is 77.6 cm³/mol. The van der Waals surface area contributed by atoms with Crippen LogP contribution in [0, 0.1) is 0 Å². The number of aliphatic hydroxyl groups is 1. The van der Waals surface area contributed by atoms with E-state index in [-0.39, 0.29) is 6.61 Å². The Morgan fingerprint density at radius 3 is 2.89 bits per heavy atom. The molecule has 2 heterocycles. The van der Waals surface area contributed by atoms with E-state index in [0.29, 0.717) is 29.4 Å². The second-order valence-electron chi connectivity index (χ2n) is 4.84. The minimum Gasteiger partial charge on any atom is -0.395 e. The van der Waals surface area contributed by atoms with Crippen LogP contribution in [0.5, 0.6) is 0 Å². The number of aliphatic hydroxyl groups excluding tert-OH is 1. The lowest BCUT2D eigenvalue weighted by Gasteiger charge is -2.25. The lowest BCUT2D eigenvalue weighted by Crippen LogP contribution is -2.38. The van der Waals surface area contributed by atoms with Gasteiger partial charge in [0.15, 0.2) is 0 Å². The Bertz CT molecular complexity index is 411. The highest BCUT2D eigenvalue weighted by Crippen LogP contribution is 2.19. The molecule has 1 aliphatic heterocycles. The highest BCUT2D eigenvalue weighted by atomic mass is 35.5. The second kappa shape index (κ2) is 7.41. The molecule has 1 saturated heterocycles. The fourth-order valence-corrected chi connectivity index (χ4v) is 2.80. The summed E-state index contributed by atoms with van der Waals surface area (Å²) in [5.41, 5.74) is 0.942. The van der Waals surface area contributed by atoms with Gasteiger partial charge < -0.3 is 10.4 Å². The maximum Gasteiger partial charge on any atom is 0.135 e. The molecule has 2 N–H and O–H groups in total. The molecule has 1 atom stereocenters. The summed E-state index contributed by atoms with van der Waals surface area (Å²) in [5.74, 6) is 0. The number of hydrogen-bond acceptors (Lipinski definition) is 4. The van der Waals surface area contributed by atoms with Crippen molar-refractivity contribution in [3.8, 4) is 0 Å². The SMILES string of the molecule is OCCN(Cc1ccc(Cl)nc1Cl)CC1CCCN1. The third-order valence-corrected chi connectivity index (χ3v) is 3.88. The van der Waals surface area contributed by atoms with Gasteiger partial charge in [-0.05, 0) is 25.5 Å². The molecule has 2 rings (SSSR count). The molecule has 6 heteroatoms. The fourth-order valence-electron chi connectivity index (χ4n) is 2.40. The topological polar surface area (TPSA) is 48.4 Å². The maximum atomic E-state index is 9.17. The Kier molecular flexibility index (Phi) is 5.85. The van der Waals surface area contributed by atoms with E-state index in [1.54, 1.807) is 6.07 Å². The van der Waals surface area contributed by atoms with Gasteiger partial charge in [-0.25, -0.2) is 4.98 Å². The monoisotopic (exact) mass is 303 g/mol. The van der Waals surface area contributed by atoms with Crippen LogP contribution < -0.4 is 5.32 Å². The lowest BCUT2D eigenvalue weighted by atomic mass is 10.2. The average Bonchev–Trinajstić information content (AvgIpc) is 2.86. The highest BCUT2D eigenvalue weighted by molar-refractivity contribution is 6.32. The minimum atomic E-state index is 0.144. The molecule has 0 amide bonds. The van der Waals surface area contributed by atoms with Gasteiger partial charge in [-0.3, -0.25) is 4.90 Å². The number of pyridine rings is 1. The molecule has 1 aliphatic rings. The normalized spacial score (nSPS) is 19.3. The first kappa shape index (κ1) is 15.0. The Morgan fingerprint density at radius 1 is 1.42 bits per heavy atom. The number of nitrogens with zero attached hydrogens (tertiary/aromatic N) is 2. The van der Waals surface area contributed by atoms with Crippen molar-refractivity contribution in [1.29, 1.82) is 0 Å². The van der Waals surface area contributed by atoms with Crippen molar-refractivity contribution in [1.82, 2.24) is 15.2 Å². The molecule has 0 spiro atoms. The zero-order chi connectivity index (χ0) is 13.7. The minimum absolute atomic E-state index is 0.144. The zero-order valence-corrected chi connectivity index (χ0v) is 12.3. The van der Waals surface area contributed by atoms with E-state index >= 15 is 0 Å². The number of halogens is 2. The molecule has 0 aliphatic carbocycles. The quantitative estimate of drug-likeness (QED) is 0.789. The van der Waals surface area contributed by atoms with Gasteiger partial charge in [0.05, 0.1) is 6.61 Å². The van der Waals surface area contributed by atoms with Gasteiger partial charge in [-0.1, -0.05) is 29.3 Å². The molecule has 1 aromatic rings. The second-order valence-corrected chi connectivity index (χ2v) is 5.58. The molecule has 0 saturated carbocycles. The highest BCUT2D eigenvalue weighted by Gasteiger charge is 2.18. The van der Waals surface area contributed by atoms with Crippen LogP contribution >= 0.6 is 23.2 Å². The van der Waals surface area contributed by atoms with Gasteiger partial charge in [-0.2, -0.15) is 0 Å². The molecule has 4 nitrogen and oxygen atoms in total. The van der Waals surface area contributed by atoms with Gasteiger partial charge in [0.25, 0.3) is 0 Å². The summed E-state index contributed by atoms with van der Waals surface area (Å²) < 4.78 is 0. The molecular formula is C13H19Cl2N3O. The van der Waals surface area contributed by atoms with E-state index in [2.05, 4.69) is 15.2 Å². The van der Waals surface area contributed by atoms with Crippen molar-refractivity contribution in [2.24, 2.45) is 0 Å². The number of aromatic nitrogens is 1. The van der Waals surface area contributed by atoms with Crippen molar-refractivity contribution in [3.05, 3.63) is 28.0 Å². The summed E-state index contributed by atoms with van der Waals surface area (Å²) in [5, 5.41) is 13.5. The first-order chi connectivity index (χ1) is 9.19. The molecule has 1 aromatic heterocycles. The van der Waals surface area contributed by atoms with Crippen molar-refractivity contribution >= 4 is 23.2 Å². The summed E-state index contributed by atoms with van der Waals surface area (Å²) in [6.45, 7) is 3.46. The van der Waals surface area contributed by atoms with Gasteiger partial charge in [0.1, 0.15) is 10.3 Å². The summed E-state index contributed by atoms with van der Waals surface area (Å²) in [4.78, 5) is 6.24. The van der Waals surface area contributed by atoms with E-state index in [1.165, 1.54) is 12.8 Å². The smallest absolute Gasteiger partial charge is 0.135 e. The first-order valence-electron chi connectivity index (χ1n) is 6.56. The van der Waals surface area contributed by atoms with Crippen LogP contribution in [-0.4, -0.2) is 47.3 Å². The van der Waals surface area contributed by atoms with Crippen LogP contribution in [0.3, 0.4) is 0 Å². The van der Waals surface area contributed by atoms with Gasteiger partial charge >= 0.3 is 0 Å². The lowest BCUT2D eigenvalue weighted by molar-refractivity contribution is 0.179. The van der Waals surface area contributed by atoms with Crippen molar-refractivity contribution in [2.45, 2.75) is 25.4 Å². The summed E-state index contributed by atoms with van der Waals surface area (Å²) in [6.07, 6.45) is 2.41. The van der Waals surface area contributed by atoms with E-state index in [9.17, 15) is 5.11 Å². The number of hydrogen-bond donors (Lipinski definition) is 2. The largest absolute Gasteiger partial charge is 0.395 e. The number of nitrogens with one attached hydrogen (secondary N) is 1. The first-order valence-corrected chi connectivity index (χ1v) is 7.32. The average molecular weight is 304 g/mol. The molecule has 1 fully saturated rings. The van der Waals surface area contributed by atoms with Gasteiger partial charge in [0.2, 0.25) is 0 Å². The van der Waals surface area contributed by atoms with Crippen LogP contribution in [0.4, 0.5) is 0 Å². The number of rotatable bonds is 6. The van der Waals surface area contributed by atoms with Crippen LogP contribution in [0.25, 0.3) is 0 Å². The van der Waals surface area contributed by atoms with Crippen LogP contribution in [0.2, 0.25) is 10.3 Å². The molecule has 0 radical (unpaired) electrons. The van der Waals surface area contributed by atoms with Crippen LogP contribution in [0.15, 0.2) is 12.1 Å². The van der Waals surface area contributed by atoms with E-state index < -0.39 is 0 Å². The molecule has 106 valence electrons. The Morgan fingerprint density at radius 2 is 2.26 bits per heavy atom. The third kappa shape index (κ3) is 4.58. The Hall–Kier alpha value is -0.390. The fraction of sp³-hybridized carbons (Fsp3) is 0.615. The Balaban J connectivity index is 1.98. The Labute approximate surface area is 123 Å². The van der Waals surface area contributed by atoms with E-state index in [1.807, 2.05) is 6.07 Å². The van der Waals surface area contributed by atoms with E-state index in [4.69, 9.17) is 23.2 Å². The van der Waals surface area contributed by atoms with E-state index in [0.717, 1.165) is 18.7 Å². The predicted octanol–water partition coefficient (Wildman–Crippen LogP) is 1.93. The van der Waals surface area contributed by atoms with Crippen molar-refractivity contribution in [2.75, 3.05) is 26.2 Å². The van der Waals surface area contributed by atoms with Crippen LogP contribution in [0.1, 0.15) is 18.4 Å². The summed E-state index contributed by atoms with van der Waals surface area (Å²) in [7, 11) is 0. The molecule has 1 unspecified atom stereocenters. The molecule has 19 heavy (non-hydrogen) atoms. The summed E-state index contributed by atoms with van der Waals surface area (Å²) >= 11 is 11.9. The molecule has 0 bridgehead atoms. The molecule has 0 aromatic carbocycles. The van der Waals surface area contributed by atoms with Gasteiger partial charge in [0, 0.05) is 31.2 Å². The maximum absolute atomic E-state index is 9.17. The van der Waals surface area contributed by atoms with Crippen molar-refractivity contribution in [3.63, 3.8) is 0 Å². The third-order valence-electron chi connectivity index (χ3n) is 3.34. The van der Waals surface area contributed by atoms with Crippen LogP contribution in [-0.2, 0) is 6.54 Å². The standard InChI is InChI=1S/C13H19Cl2N3O/c14-12-4-3-10(13(15)17-12)8-18(6-7-19)9-11-2-1-5-16-11/h3-4,11,16,19H,1-2,5-9H2. The zero-order valence-electron chi connectivity index (χ0n) is 10.8. The van der Waals surface area contributed by atoms with Crippen molar-refractivity contribution < 1.29 is 5.11 Å². The molecular weight excluding hydrogens is 285 g/mol. The summed E-state index contributed by atoms with van der Waals surface area (Å²) in [6, 6.07) is 4.14. The van der Waals surface area contributed by atoms with Gasteiger partial charge in [-0.15, -0.1) is 0 Å².